The van der Waals surface area contributed by atoms with E-state index in [4.69, 9.17) is 5.11 Å². The van der Waals surface area contributed by atoms with E-state index in [1.54, 1.807) is 0 Å². The number of carbonyl (C=O) groups is 2. The Bertz CT molecular complexity index is 349. The molecule has 5 nitrogen and oxygen atoms in total. The zero-order valence-corrected chi connectivity index (χ0v) is 13.3. The second kappa shape index (κ2) is 7.78. The van der Waals surface area contributed by atoms with Crippen molar-refractivity contribution in [3.63, 3.8) is 0 Å². The minimum Gasteiger partial charge on any atom is -0.481 e. The van der Waals surface area contributed by atoms with Gasteiger partial charge in [-0.25, -0.2) is 0 Å². The molecule has 5 heteroatoms. The van der Waals surface area contributed by atoms with Crippen molar-refractivity contribution >= 4 is 11.9 Å². The van der Waals surface area contributed by atoms with Crippen LogP contribution in [0.4, 0.5) is 0 Å². The van der Waals surface area contributed by atoms with Crippen LogP contribution in [-0.2, 0) is 9.59 Å². The van der Waals surface area contributed by atoms with E-state index in [-0.39, 0.29) is 25.4 Å². The molecule has 0 spiro atoms. The summed E-state index contributed by atoms with van der Waals surface area (Å²) < 4.78 is 0. The van der Waals surface area contributed by atoms with Gasteiger partial charge >= 0.3 is 5.97 Å². The Labute approximate surface area is 127 Å². The average Bonchev–Trinajstić information content (AvgIpc) is 2.44. The molecular formula is C16H29NO4. The van der Waals surface area contributed by atoms with Crippen molar-refractivity contribution in [2.24, 2.45) is 5.41 Å². The van der Waals surface area contributed by atoms with Gasteiger partial charge in [0.15, 0.2) is 0 Å². The molecule has 0 heterocycles. The minimum atomic E-state index is -0.830. The molecule has 122 valence electrons. The van der Waals surface area contributed by atoms with Crippen molar-refractivity contribution in [2.45, 2.75) is 77.2 Å². The molecule has 21 heavy (non-hydrogen) atoms. The summed E-state index contributed by atoms with van der Waals surface area (Å²) in [5.74, 6) is -0.958. The van der Waals surface area contributed by atoms with Crippen LogP contribution < -0.4 is 5.32 Å². The van der Waals surface area contributed by atoms with Crippen molar-refractivity contribution in [1.82, 2.24) is 5.32 Å². The summed E-state index contributed by atoms with van der Waals surface area (Å²) in [6.07, 6.45) is 6.35. The van der Waals surface area contributed by atoms with E-state index in [2.05, 4.69) is 5.32 Å². The summed E-state index contributed by atoms with van der Waals surface area (Å²) in [5, 5.41) is 21.6. The molecule has 0 aliphatic heterocycles. The highest BCUT2D eigenvalue weighted by molar-refractivity contribution is 5.79. The Balaban J connectivity index is 2.74. The number of carboxylic acid groups (broad SMARTS) is 1. The second-order valence-electron chi connectivity index (χ2n) is 6.50. The molecule has 3 N–H and O–H groups in total. The van der Waals surface area contributed by atoms with E-state index in [1.807, 2.05) is 13.8 Å². The summed E-state index contributed by atoms with van der Waals surface area (Å²) >= 11 is 0. The zero-order valence-electron chi connectivity index (χ0n) is 13.3. The first-order chi connectivity index (χ1) is 9.91. The lowest BCUT2D eigenvalue weighted by Gasteiger charge is -2.37. The fraction of sp³-hybridized carbons (Fsp3) is 0.875. The molecule has 1 amide bonds. The van der Waals surface area contributed by atoms with Crippen molar-refractivity contribution in [3.05, 3.63) is 0 Å². The number of aliphatic hydroxyl groups excluding tert-OH is 1. The van der Waals surface area contributed by atoms with Gasteiger partial charge in [-0.15, -0.1) is 0 Å². The molecule has 0 saturated heterocycles. The second-order valence-corrected chi connectivity index (χ2v) is 6.50. The van der Waals surface area contributed by atoms with Crippen LogP contribution in [0.1, 0.15) is 71.6 Å². The molecular weight excluding hydrogens is 270 g/mol. The number of carboxylic acids is 1. The van der Waals surface area contributed by atoms with E-state index in [1.165, 1.54) is 0 Å². The van der Waals surface area contributed by atoms with Gasteiger partial charge in [0.05, 0.1) is 18.6 Å². The molecule has 1 rings (SSSR count). The van der Waals surface area contributed by atoms with E-state index >= 15 is 0 Å². The Morgan fingerprint density at radius 1 is 1.10 bits per heavy atom. The highest BCUT2D eigenvalue weighted by atomic mass is 16.4. The van der Waals surface area contributed by atoms with Crippen LogP contribution in [0.15, 0.2) is 0 Å². The van der Waals surface area contributed by atoms with Crippen molar-refractivity contribution in [2.75, 3.05) is 6.61 Å². The van der Waals surface area contributed by atoms with Gasteiger partial charge in [0.2, 0.25) is 5.91 Å². The Morgan fingerprint density at radius 3 is 2.10 bits per heavy atom. The maximum atomic E-state index is 12.4. The SMILES string of the molecule is CCC(CC)(CO)NC(=O)CC1(CC(=O)O)CCCCC1. The van der Waals surface area contributed by atoms with Crippen molar-refractivity contribution in [3.8, 4) is 0 Å². The predicted molar refractivity (Wildman–Crippen MR) is 80.9 cm³/mol. The number of hydrogen-bond donors (Lipinski definition) is 3. The average molecular weight is 299 g/mol. The summed E-state index contributed by atoms with van der Waals surface area (Å²) in [4.78, 5) is 23.5. The highest BCUT2D eigenvalue weighted by Gasteiger charge is 2.38. The van der Waals surface area contributed by atoms with Gasteiger partial charge in [0.1, 0.15) is 0 Å². The molecule has 0 aromatic carbocycles. The molecule has 0 unspecified atom stereocenters. The lowest BCUT2D eigenvalue weighted by Crippen LogP contribution is -2.51. The summed E-state index contributed by atoms with van der Waals surface area (Å²) in [6, 6.07) is 0. The Hall–Kier alpha value is -1.10. The van der Waals surface area contributed by atoms with E-state index in [0.29, 0.717) is 12.8 Å². The largest absolute Gasteiger partial charge is 0.481 e. The molecule has 0 radical (unpaired) electrons. The van der Waals surface area contributed by atoms with Crippen LogP contribution in [0.25, 0.3) is 0 Å². The van der Waals surface area contributed by atoms with Gasteiger partial charge in [0, 0.05) is 6.42 Å². The topological polar surface area (TPSA) is 86.6 Å². The predicted octanol–water partition coefficient (Wildman–Crippen LogP) is 2.47. The molecule has 0 bridgehead atoms. The van der Waals surface area contributed by atoms with Gasteiger partial charge in [-0.3, -0.25) is 9.59 Å². The van der Waals surface area contributed by atoms with Gasteiger partial charge in [-0.1, -0.05) is 33.1 Å². The van der Waals surface area contributed by atoms with E-state index in [0.717, 1.165) is 32.1 Å². The monoisotopic (exact) mass is 299 g/mol. The molecule has 1 aliphatic rings. The Morgan fingerprint density at radius 2 is 1.67 bits per heavy atom. The summed E-state index contributed by atoms with van der Waals surface area (Å²) in [7, 11) is 0. The molecule has 1 saturated carbocycles. The lowest BCUT2D eigenvalue weighted by atomic mass is 9.69. The smallest absolute Gasteiger partial charge is 0.303 e. The maximum Gasteiger partial charge on any atom is 0.303 e. The highest BCUT2D eigenvalue weighted by Crippen LogP contribution is 2.42. The summed E-state index contributed by atoms with van der Waals surface area (Å²) in [6.45, 7) is 3.79. The zero-order chi connectivity index (χ0) is 15.9. The first-order valence-electron chi connectivity index (χ1n) is 8.04. The quantitative estimate of drug-likeness (QED) is 0.642. The van der Waals surface area contributed by atoms with Gasteiger partial charge < -0.3 is 15.5 Å². The minimum absolute atomic E-state index is 0.0603. The van der Waals surface area contributed by atoms with Crippen molar-refractivity contribution in [1.29, 1.82) is 0 Å². The fourth-order valence-electron chi connectivity index (χ4n) is 3.41. The van der Waals surface area contributed by atoms with Gasteiger partial charge in [-0.2, -0.15) is 0 Å². The van der Waals surface area contributed by atoms with Crippen molar-refractivity contribution < 1.29 is 19.8 Å². The van der Waals surface area contributed by atoms with Crippen LogP contribution in [0, 0.1) is 5.41 Å². The number of rotatable bonds is 8. The third kappa shape index (κ3) is 4.99. The number of amides is 1. The number of aliphatic carboxylic acids is 1. The van der Waals surface area contributed by atoms with Crippen LogP contribution in [-0.4, -0.2) is 34.2 Å². The summed E-state index contributed by atoms with van der Waals surface area (Å²) in [5.41, 5.74) is -0.979. The standard InChI is InChI=1S/C16H29NO4/c1-3-16(4-2,12-18)17-13(19)10-15(11-14(20)21)8-6-5-7-9-15/h18H,3-12H2,1-2H3,(H,17,19)(H,20,21). The molecule has 0 atom stereocenters. The van der Waals surface area contributed by atoms with Crippen LogP contribution >= 0.6 is 0 Å². The maximum absolute atomic E-state index is 12.4. The third-order valence-electron chi connectivity index (χ3n) is 5.04. The van der Waals surface area contributed by atoms with Crippen LogP contribution in [0.2, 0.25) is 0 Å². The number of hydrogen-bond acceptors (Lipinski definition) is 3. The normalized spacial score (nSPS) is 18.2. The van der Waals surface area contributed by atoms with Crippen LogP contribution in [0.3, 0.4) is 0 Å². The van der Waals surface area contributed by atoms with E-state index in [9.17, 15) is 14.7 Å². The first-order valence-corrected chi connectivity index (χ1v) is 8.04. The molecule has 0 aromatic heterocycles. The third-order valence-corrected chi connectivity index (χ3v) is 5.04. The van der Waals surface area contributed by atoms with E-state index < -0.39 is 16.9 Å². The number of carbonyl (C=O) groups excluding carboxylic acids is 1. The van der Waals surface area contributed by atoms with Gasteiger partial charge in [0.25, 0.3) is 0 Å². The lowest BCUT2D eigenvalue weighted by molar-refractivity contribution is -0.141. The first kappa shape index (κ1) is 18.0. The molecule has 1 aliphatic carbocycles. The molecule has 0 aromatic rings. The number of nitrogens with one attached hydrogen (secondary N) is 1. The number of aliphatic hydroxyl groups is 1. The Kier molecular flexibility index (Phi) is 6.65. The molecule has 1 fully saturated rings. The van der Waals surface area contributed by atoms with Crippen LogP contribution in [0.5, 0.6) is 0 Å². The fourth-order valence-corrected chi connectivity index (χ4v) is 3.41. The van der Waals surface area contributed by atoms with Gasteiger partial charge in [-0.05, 0) is 31.1 Å².